The minimum absolute atomic E-state index is 0.0562. The number of imide groups is 1. The maximum absolute atomic E-state index is 12.2. The number of esters is 1. The Balaban J connectivity index is 1.59. The highest BCUT2D eigenvalue weighted by Crippen LogP contribution is 2.23. The number of carbonyl (C=O) groups excluding carboxylic acids is 3. The number of hydrogen-bond acceptors (Lipinski definition) is 4. The zero-order chi connectivity index (χ0) is 18.9. The van der Waals surface area contributed by atoms with Crippen LogP contribution < -0.4 is 0 Å². The number of nitrogens with zero attached hydrogens (tertiary/aromatic N) is 1. The molecule has 0 aliphatic carbocycles. The Morgan fingerprint density at radius 3 is 1.96 bits per heavy atom. The van der Waals surface area contributed by atoms with E-state index in [9.17, 15) is 14.4 Å². The lowest BCUT2D eigenvalue weighted by molar-refractivity contribution is -0.145. The minimum atomic E-state index is -0.612. The second-order valence-electron chi connectivity index (χ2n) is 7.35. The molecule has 5 heteroatoms. The lowest BCUT2D eigenvalue weighted by Crippen LogP contribution is -2.35. The Hall–Kier alpha value is -2.95. The van der Waals surface area contributed by atoms with E-state index in [2.05, 4.69) is 20.8 Å². The highest BCUT2D eigenvalue weighted by Gasteiger charge is 2.36. The summed E-state index contributed by atoms with van der Waals surface area (Å²) in [6.45, 7) is 6.11. The van der Waals surface area contributed by atoms with Crippen LogP contribution in [0, 0.1) is 0 Å². The summed E-state index contributed by atoms with van der Waals surface area (Å²) in [7, 11) is 0. The third kappa shape index (κ3) is 3.52. The van der Waals surface area contributed by atoms with Gasteiger partial charge in [0, 0.05) is 0 Å². The van der Waals surface area contributed by atoms with Crippen molar-refractivity contribution < 1.29 is 19.1 Å². The fourth-order valence-corrected chi connectivity index (χ4v) is 2.82. The Morgan fingerprint density at radius 2 is 1.46 bits per heavy atom. The van der Waals surface area contributed by atoms with Gasteiger partial charge in [0.25, 0.3) is 11.8 Å². The number of rotatable bonds is 4. The van der Waals surface area contributed by atoms with Crippen molar-refractivity contribution in [1.29, 1.82) is 0 Å². The lowest BCUT2D eigenvalue weighted by atomic mass is 9.87. The van der Waals surface area contributed by atoms with Crippen LogP contribution in [-0.2, 0) is 21.6 Å². The van der Waals surface area contributed by atoms with E-state index in [0.717, 1.165) is 10.5 Å². The molecule has 5 nitrogen and oxygen atoms in total. The van der Waals surface area contributed by atoms with Crippen molar-refractivity contribution in [2.45, 2.75) is 32.8 Å². The van der Waals surface area contributed by atoms with Crippen molar-refractivity contribution in [3.05, 3.63) is 70.8 Å². The number of fused-ring (bicyclic) bond motifs is 1. The first kappa shape index (κ1) is 17.9. The van der Waals surface area contributed by atoms with E-state index in [4.69, 9.17) is 4.74 Å². The molecule has 26 heavy (non-hydrogen) atoms. The molecule has 0 radical (unpaired) electrons. The first-order valence-corrected chi connectivity index (χ1v) is 8.47. The van der Waals surface area contributed by atoms with Crippen molar-refractivity contribution >= 4 is 17.8 Å². The molecular formula is C21H21NO4. The van der Waals surface area contributed by atoms with Crippen LogP contribution in [0.2, 0.25) is 0 Å². The highest BCUT2D eigenvalue weighted by molar-refractivity contribution is 6.22. The molecule has 0 aromatic heterocycles. The quantitative estimate of drug-likeness (QED) is 0.626. The Labute approximate surface area is 152 Å². The molecule has 0 fully saturated rings. The third-order valence-corrected chi connectivity index (χ3v) is 4.39. The molecule has 2 aromatic rings. The maximum atomic E-state index is 12.2. The maximum Gasteiger partial charge on any atom is 0.326 e. The van der Waals surface area contributed by atoms with Gasteiger partial charge < -0.3 is 4.74 Å². The Morgan fingerprint density at radius 1 is 0.923 bits per heavy atom. The highest BCUT2D eigenvalue weighted by atomic mass is 16.5. The first-order chi connectivity index (χ1) is 12.3. The summed E-state index contributed by atoms with van der Waals surface area (Å²) in [6.07, 6.45) is 0. The third-order valence-electron chi connectivity index (χ3n) is 4.39. The first-order valence-electron chi connectivity index (χ1n) is 8.47. The van der Waals surface area contributed by atoms with Gasteiger partial charge >= 0.3 is 5.97 Å². The van der Waals surface area contributed by atoms with Crippen LogP contribution in [0.5, 0.6) is 0 Å². The predicted molar refractivity (Wildman–Crippen MR) is 96.7 cm³/mol. The van der Waals surface area contributed by atoms with E-state index >= 15 is 0 Å². The van der Waals surface area contributed by atoms with Gasteiger partial charge in [0.05, 0.1) is 11.1 Å². The van der Waals surface area contributed by atoms with E-state index in [1.54, 1.807) is 24.3 Å². The molecule has 0 saturated heterocycles. The number of ether oxygens (including phenoxy) is 1. The molecule has 2 amide bonds. The van der Waals surface area contributed by atoms with Gasteiger partial charge in [0.1, 0.15) is 13.2 Å². The van der Waals surface area contributed by atoms with Crippen molar-refractivity contribution in [2.75, 3.05) is 6.54 Å². The normalized spacial score (nSPS) is 13.7. The van der Waals surface area contributed by atoms with Gasteiger partial charge in [-0.2, -0.15) is 0 Å². The standard InChI is InChI=1S/C21H21NO4/c1-21(2,3)15-10-8-14(9-11-15)13-26-18(23)12-22-19(24)16-6-4-5-7-17(16)20(22)25/h4-11H,12-13H2,1-3H3. The number of benzene rings is 2. The Bertz CT molecular complexity index is 827. The van der Waals surface area contributed by atoms with E-state index < -0.39 is 17.8 Å². The van der Waals surface area contributed by atoms with Crippen LogP contribution in [0.25, 0.3) is 0 Å². The zero-order valence-corrected chi connectivity index (χ0v) is 15.1. The largest absolute Gasteiger partial charge is 0.459 e. The van der Waals surface area contributed by atoms with Gasteiger partial charge in [-0.05, 0) is 28.7 Å². The second kappa shape index (κ2) is 6.75. The molecule has 0 saturated carbocycles. The molecule has 0 N–H and O–H groups in total. The summed E-state index contributed by atoms with van der Waals surface area (Å²) in [5.41, 5.74) is 2.75. The summed E-state index contributed by atoms with van der Waals surface area (Å²) < 4.78 is 5.23. The topological polar surface area (TPSA) is 63.7 Å². The fraction of sp³-hybridized carbons (Fsp3) is 0.286. The summed E-state index contributed by atoms with van der Waals surface area (Å²) in [4.78, 5) is 37.5. The molecule has 0 unspecified atom stereocenters. The summed E-state index contributed by atoms with van der Waals surface area (Å²) >= 11 is 0. The molecule has 1 aliphatic rings. The number of hydrogen-bond donors (Lipinski definition) is 0. The number of amides is 2. The van der Waals surface area contributed by atoms with E-state index in [0.29, 0.717) is 11.1 Å². The van der Waals surface area contributed by atoms with Gasteiger partial charge in [0.15, 0.2) is 0 Å². The van der Waals surface area contributed by atoms with Crippen molar-refractivity contribution in [2.24, 2.45) is 0 Å². The molecule has 134 valence electrons. The van der Waals surface area contributed by atoms with Crippen molar-refractivity contribution in [3.63, 3.8) is 0 Å². The lowest BCUT2D eigenvalue weighted by Gasteiger charge is -2.19. The van der Waals surface area contributed by atoms with E-state index in [1.807, 2.05) is 24.3 Å². The SMILES string of the molecule is CC(C)(C)c1ccc(COC(=O)CN2C(=O)c3ccccc3C2=O)cc1. The Kier molecular flexibility index (Phi) is 4.64. The number of carbonyl (C=O) groups is 3. The van der Waals surface area contributed by atoms with Crippen LogP contribution in [0.3, 0.4) is 0 Å². The van der Waals surface area contributed by atoms with Crippen molar-refractivity contribution in [3.8, 4) is 0 Å². The van der Waals surface area contributed by atoms with Crippen LogP contribution in [-0.4, -0.2) is 29.2 Å². The van der Waals surface area contributed by atoms with Gasteiger partial charge in [-0.3, -0.25) is 19.3 Å². The van der Waals surface area contributed by atoms with Crippen LogP contribution in [0.4, 0.5) is 0 Å². The summed E-state index contributed by atoms with van der Waals surface area (Å²) in [5.74, 6) is -1.53. The van der Waals surface area contributed by atoms with Gasteiger partial charge in [-0.15, -0.1) is 0 Å². The summed E-state index contributed by atoms with van der Waals surface area (Å²) in [6, 6.07) is 14.4. The van der Waals surface area contributed by atoms with Crippen LogP contribution in [0.1, 0.15) is 52.6 Å². The monoisotopic (exact) mass is 351 g/mol. The van der Waals surface area contributed by atoms with Gasteiger partial charge in [0.2, 0.25) is 0 Å². The van der Waals surface area contributed by atoms with Crippen molar-refractivity contribution in [1.82, 2.24) is 4.90 Å². The van der Waals surface area contributed by atoms with E-state index in [-0.39, 0.29) is 18.6 Å². The molecule has 3 rings (SSSR count). The van der Waals surface area contributed by atoms with Crippen LogP contribution >= 0.6 is 0 Å². The molecule has 2 aromatic carbocycles. The molecule has 1 heterocycles. The van der Waals surface area contributed by atoms with Gasteiger partial charge in [-0.1, -0.05) is 57.2 Å². The zero-order valence-electron chi connectivity index (χ0n) is 15.1. The molecule has 1 aliphatic heterocycles. The fourth-order valence-electron chi connectivity index (χ4n) is 2.82. The predicted octanol–water partition coefficient (Wildman–Crippen LogP) is 3.32. The molecule has 0 spiro atoms. The smallest absolute Gasteiger partial charge is 0.326 e. The summed E-state index contributed by atoms with van der Waals surface area (Å²) in [5, 5.41) is 0. The van der Waals surface area contributed by atoms with E-state index in [1.165, 1.54) is 5.56 Å². The minimum Gasteiger partial charge on any atom is -0.459 e. The molecular weight excluding hydrogens is 330 g/mol. The average Bonchev–Trinajstić information content (AvgIpc) is 2.85. The molecule has 0 bridgehead atoms. The average molecular weight is 351 g/mol. The van der Waals surface area contributed by atoms with Crippen LogP contribution in [0.15, 0.2) is 48.5 Å². The molecule has 0 atom stereocenters. The second-order valence-corrected chi connectivity index (χ2v) is 7.35. The van der Waals surface area contributed by atoms with Gasteiger partial charge in [-0.25, -0.2) is 0 Å².